The molecule has 2 N–H and O–H groups in total. The van der Waals surface area contributed by atoms with Crippen LogP contribution in [-0.4, -0.2) is 37.2 Å². The van der Waals surface area contributed by atoms with E-state index in [1.807, 2.05) is 27.7 Å². The number of hydrogen-bond acceptors (Lipinski definition) is 4. The Morgan fingerprint density at radius 3 is 2.59 bits per heavy atom. The van der Waals surface area contributed by atoms with Crippen molar-refractivity contribution >= 4 is 11.7 Å². The van der Waals surface area contributed by atoms with Crippen molar-refractivity contribution in [2.24, 2.45) is 5.41 Å². The molecular weight excluding hydrogens is 282 g/mol. The molecule has 0 atom stereocenters. The molecule has 122 valence electrons. The van der Waals surface area contributed by atoms with Crippen LogP contribution >= 0.6 is 0 Å². The summed E-state index contributed by atoms with van der Waals surface area (Å²) in [4.78, 5) is 29.8. The number of anilines is 1. The smallest absolute Gasteiger partial charge is 0.225 e. The van der Waals surface area contributed by atoms with Gasteiger partial charge < -0.3 is 19.9 Å². The van der Waals surface area contributed by atoms with Crippen LogP contribution in [0.5, 0.6) is 0 Å². The van der Waals surface area contributed by atoms with Gasteiger partial charge in [0.1, 0.15) is 5.82 Å². The maximum absolute atomic E-state index is 12.3. The summed E-state index contributed by atoms with van der Waals surface area (Å²) in [7, 11) is 0. The molecule has 22 heavy (non-hydrogen) atoms. The second-order valence-electron chi connectivity index (χ2n) is 6.68. The summed E-state index contributed by atoms with van der Waals surface area (Å²) < 4.78 is 5.36. The minimum Gasteiger partial charge on any atom is -0.378 e. The molecule has 0 unspecified atom stereocenters. The standard InChI is InChI=1S/C16H25N3O3/c1-11-9-13(20)12(10-17-15(21)16(2,3)4)14(18-11)19-5-7-22-8-6-19/h9H,5-8,10H2,1-4H3,(H,17,21)(H,18,20). The van der Waals surface area contributed by atoms with Gasteiger partial charge in [-0.2, -0.15) is 0 Å². The highest BCUT2D eigenvalue weighted by atomic mass is 16.5. The van der Waals surface area contributed by atoms with Crippen LogP contribution in [0.2, 0.25) is 0 Å². The normalized spacial score (nSPS) is 15.7. The fourth-order valence-corrected chi connectivity index (χ4v) is 2.36. The van der Waals surface area contributed by atoms with Gasteiger partial charge in [-0.1, -0.05) is 20.8 Å². The zero-order valence-electron chi connectivity index (χ0n) is 13.8. The second-order valence-corrected chi connectivity index (χ2v) is 6.68. The quantitative estimate of drug-likeness (QED) is 0.879. The molecular formula is C16H25N3O3. The predicted molar refractivity (Wildman–Crippen MR) is 86.1 cm³/mol. The number of carbonyl (C=O) groups is 1. The van der Waals surface area contributed by atoms with Gasteiger partial charge in [-0.05, 0) is 6.92 Å². The number of nitrogens with zero attached hydrogens (tertiary/aromatic N) is 1. The van der Waals surface area contributed by atoms with Crippen molar-refractivity contribution < 1.29 is 9.53 Å². The van der Waals surface area contributed by atoms with Crippen LogP contribution in [0.25, 0.3) is 0 Å². The van der Waals surface area contributed by atoms with E-state index in [0.717, 1.165) is 24.6 Å². The number of hydrogen-bond donors (Lipinski definition) is 2. The summed E-state index contributed by atoms with van der Waals surface area (Å²) in [5.41, 5.74) is 0.894. The zero-order valence-corrected chi connectivity index (χ0v) is 13.8. The molecule has 1 fully saturated rings. The average Bonchev–Trinajstić information content (AvgIpc) is 2.45. The summed E-state index contributed by atoms with van der Waals surface area (Å²) in [6.45, 7) is 10.4. The molecule has 0 radical (unpaired) electrons. The number of rotatable bonds is 3. The molecule has 0 saturated carbocycles. The highest BCUT2D eigenvalue weighted by Crippen LogP contribution is 2.18. The number of carbonyl (C=O) groups excluding carboxylic acids is 1. The maximum atomic E-state index is 12.3. The third-order valence-corrected chi connectivity index (χ3v) is 3.68. The lowest BCUT2D eigenvalue weighted by Crippen LogP contribution is -2.40. The lowest BCUT2D eigenvalue weighted by Gasteiger charge is -2.30. The maximum Gasteiger partial charge on any atom is 0.225 e. The predicted octanol–water partition coefficient (Wildman–Crippen LogP) is 1.18. The summed E-state index contributed by atoms with van der Waals surface area (Å²) in [6, 6.07) is 1.57. The Hall–Kier alpha value is -1.82. The number of amides is 1. The van der Waals surface area contributed by atoms with Gasteiger partial charge in [0.05, 0.1) is 25.3 Å². The molecule has 1 aliphatic rings. The molecule has 2 heterocycles. The molecule has 1 saturated heterocycles. The second kappa shape index (κ2) is 6.52. The Bertz CT molecular complexity index is 596. The number of aromatic nitrogens is 1. The van der Waals surface area contributed by atoms with Crippen LogP contribution in [0, 0.1) is 12.3 Å². The molecule has 1 amide bonds. The first kappa shape index (κ1) is 16.5. The molecule has 0 aromatic carbocycles. The molecule has 0 spiro atoms. The van der Waals surface area contributed by atoms with E-state index in [1.165, 1.54) is 0 Å². The van der Waals surface area contributed by atoms with Gasteiger partial charge in [-0.15, -0.1) is 0 Å². The van der Waals surface area contributed by atoms with Crippen LogP contribution in [0.4, 0.5) is 5.82 Å². The van der Waals surface area contributed by atoms with E-state index in [2.05, 4.69) is 15.2 Å². The summed E-state index contributed by atoms with van der Waals surface area (Å²) in [6.07, 6.45) is 0. The van der Waals surface area contributed by atoms with E-state index in [1.54, 1.807) is 6.07 Å². The van der Waals surface area contributed by atoms with Crippen LogP contribution in [-0.2, 0) is 16.1 Å². The number of nitrogens with one attached hydrogen (secondary N) is 2. The SMILES string of the molecule is Cc1cc(=O)c(CNC(=O)C(C)(C)C)c(N2CCOCC2)[nH]1. The monoisotopic (exact) mass is 307 g/mol. The molecule has 2 rings (SSSR count). The average molecular weight is 307 g/mol. The van der Waals surface area contributed by atoms with E-state index in [9.17, 15) is 9.59 Å². The Labute approximate surface area is 130 Å². The molecule has 0 aliphatic carbocycles. The lowest BCUT2D eigenvalue weighted by atomic mass is 9.95. The molecule has 1 aromatic rings. The van der Waals surface area contributed by atoms with Crippen LogP contribution in [0.3, 0.4) is 0 Å². The van der Waals surface area contributed by atoms with Crippen molar-refractivity contribution in [2.75, 3.05) is 31.2 Å². The number of aromatic amines is 1. The number of H-pyrrole nitrogens is 1. The molecule has 1 aliphatic heterocycles. The van der Waals surface area contributed by atoms with Crippen molar-refractivity contribution in [3.63, 3.8) is 0 Å². The van der Waals surface area contributed by atoms with E-state index in [-0.39, 0.29) is 17.9 Å². The van der Waals surface area contributed by atoms with Gasteiger partial charge in [0.2, 0.25) is 5.91 Å². The Balaban J connectivity index is 2.25. The van der Waals surface area contributed by atoms with Gasteiger partial charge in [-0.3, -0.25) is 9.59 Å². The first-order valence-corrected chi connectivity index (χ1v) is 7.63. The largest absolute Gasteiger partial charge is 0.378 e. The fourth-order valence-electron chi connectivity index (χ4n) is 2.36. The Morgan fingerprint density at radius 2 is 2.00 bits per heavy atom. The number of ether oxygens (including phenoxy) is 1. The minimum atomic E-state index is -0.476. The van der Waals surface area contributed by atoms with Gasteiger partial charge in [0, 0.05) is 30.3 Å². The van der Waals surface area contributed by atoms with Gasteiger partial charge in [0.15, 0.2) is 5.43 Å². The minimum absolute atomic E-state index is 0.0491. The molecule has 6 nitrogen and oxygen atoms in total. The number of aryl methyl sites for hydroxylation is 1. The van der Waals surface area contributed by atoms with Crippen molar-refractivity contribution in [1.82, 2.24) is 10.3 Å². The van der Waals surface area contributed by atoms with Crippen molar-refractivity contribution in [1.29, 1.82) is 0 Å². The van der Waals surface area contributed by atoms with Crippen LogP contribution in [0.1, 0.15) is 32.0 Å². The third kappa shape index (κ3) is 3.88. The zero-order chi connectivity index (χ0) is 16.3. The van der Waals surface area contributed by atoms with Gasteiger partial charge in [0.25, 0.3) is 0 Å². The summed E-state index contributed by atoms with van der Waals surface area (Å²) in [5, 5.41) is 2.86. The summed E-state index contributed by atoms with van der Waals surface area (Å²) >= 11 is 0. The molecule has 1 aromatic heterocycles. The fraction of sp³-hybridized carbons (Fsp3) is 0.625. The lowest BCUT2D eigenvalue weighted by molar-refractivity contribution is -0.128. The van der Waals surface area contributed by atoms with E-state index >= 15 is 0 Å². The molecule has 6 heteroatoms. The van der Waals surface area contributed by atoms with E-state index < -0.39 is 5.41 Å². The number of pyridine rings is 1. The summed E-state index contributed by atoms with van der Waals surface area (Å²) in [5.74, 6) is 0.725. The van der Waals surface area contributed by atoms with Gasteiger partial charge in [-0.25, -0.2) is 0 Å². The number of morpholine rings is 1. The van der Waals surface area contributed by atoms with Crippen molar-refractivity contribution in [3.8, 4) is 0 Å². The van der Waals surface area contributed by atoms with Crippen molar-refractivity contribution in [3.05, 3.63) is 27.5 Å². The highest BCUT2D eigenvalue weighted by molar-refractivity contribution is 5.81. The topological polar surface area (TPSA) is 74.4 Å². The van der Waals surface area contributed by atoms with Crippen molar-refractivity contribution in [2.45, 2.75) is 34.2 Å². The van der Waals surface area contributed by atoms with Crippen LogP contribution < -0.4 is 15.6 Å². The first-order valence-electron chi connectivity index (χ1n) is 7.63. The first-order chi connectivity index (χ1) is 10.3. The van der Waals surface area contributed by atoms with E-state index in [4.69, 9.17) is 4.74 Å². The Kier molecular flexibility index (Phi) is 4.90. The highest BCUT2D eigenvalue weighted by Gasteiger charge is 2.23. The van der Waals surface area contributed by atoms with Gasteiger partial charge >= 0.3 is 0 Å². The van der Waals surface area contributed by atoms with Crippen LogP contribution in [0.15, 0.2) is 10.9 Å². The van der Waals surface area contributed by atoms with E-state index in [0.29, 0.717) is 18.8 Å². The Morgan fingerprint density at radius 1 is 1.36 bits per heavy atom. The molecule has 0 bridgehead atoms. The third-order valence-electron chi connectivity index (χ3n) is 3.68.